The molecule has 1 fully saturated rings. The fraction of sp³-hybridized carbons (Fsp3) is 0.316. The van der Waals surface area contributed by atoms with Gasteiger partial charge in [0.25, 0.3) is 17.7 Å². The van der Waals surface area contributed by atoms with Crippen molar-refractivity contribution in [2.75, 3.05) is 19.8 Å². The van der Waals surface area contributed by atoms with E-state index in [0.717, 1.165) is 37.1 Å². The molecule has 312 valence electrons. The number of esters is 3. The molecule has 5 rings (SSSR count). The van der Waals surface area contributed by atoms with Crippen LogP contribution in [0.3, 0.4) is 0 Å². The number of aromatic hydroxyl groups is 6. The molecule has 0 aliphatic carbocycles. The van der Waals surface area contributed by atoms with Crippen molar-refractivity contribution in [3.05, 3.63) is 82.7 Å². The van der Waals surface area contributed by atoms with E-state index in [1.54, 1.807) is 10.9 Å². The summed E-state index contributed by atoms with van der Waals surface area (Å²) >= 11 is 0. The number of phenols is 6. The SMILES string of the molecule is CCCCn1cc(CCc2cc(O)c(O)c(C(=O)N[C@H]3COC(=O)[C@@H](NC(=O)c4cccc(O)c4O)COC(=O)[C@@H](NC(=O)c4cccc(O)c4O)COC3=O)c2)nn1. The van der Waals surface area contributed by atoms with E-state index in [2.05, 4.69) is 26.3 Å². The number of rotatable bonds is 12. The first-order valence-electron chi connectivity index (χ1n) is 18.0. The Bertz CT molecular complexity index is 2180. The van der Waals surface area contributed by atoms with Crippen LogP contribution in [-0.2, 0) is 48.0 Å². The number of hydrogen-bond acceptors (Lipinski definition) is 17. The van der Waals surface area contributed by atoms with Gasteiger partial charge in [0.15, 0.2) is 52.6 Å². The molecule has 3 atom stereocenters. The number of carbonyl (C=O) groups is 6. The molecule has 0 saturated carbocycles. The number of hydrogen-bond donors (Lipinski definition) is 9. The predicted molar refractivity (Wildman–Crippen MR) is 198 cm³/mol. The van der Waals surface area contributed by atoms with Crippen LogP contribution in [0.25, 0.3) is 0 Å². The van der Waals surface area contributed by atoms with Crippen LogP contribution < -0.4 is 16.0 Å². The number of benzene rings is 3. The standard InChI is InChI=1S/C38H40N6O15/c1-2-3-12-44-15-20(42-43-44)11-10-19-13-23(32(50)29(47)14-19)35(53)41-26-18-59-37(55)24(39-33(51)21-6-4-8-27(45)30(21)48)16-57-36(54)25(17-58-38(26)56)40-34(52)22-7-5-9-28(46)31(22)49/h4-9,13-15,24-26,45-50H,2-3,10-12,16-18H2,1H3,(H,39,51)(H,40,52)(H,41,53)/t24-,25-,26-/m0/s1. The first-order chi connectivity index (χ1) is 28.2. The fourth-order valence-corrected chi connectivity index (χ4v) is 5.59. The minimum absolute atomic E-state index is 0.237. The second-order valence-corrected chi connectivity index (χ2v) is 13.2. The molecule has 3 amide bonds. The van der Waals surface area contributed by atoms with E-state index >= 15 is 0 Å². The van der Waals surface area contributed by atoms with E-state index in [9.17, 15) is 59.4 Å². The maximum absolute atomic E-state index is 13.6. The molecular weight excluding hydrogens is 780 g/mol. The minimum Gasteiger partial charge on any atom is -0.504 e. The van der Waals surface area contributed by atoms with Gasteiger partial charge in [-0.15, -0.1) is 5.10 Å². The number of cyclic esters (lactones) is 3. The number of aromatic nitrogens is 3. The average molecular weight is 821 g/mol. The Morgan fingerprint density at radius 1 is 0.661 bits per heavy atom. The van der Waals surface area contributed by atoms with Gasteiger partial charge in [-0.1, -0.05) is 30.7 Å². The molecule has 1 aromatic heterocycles. The van der Waals surface area contributed by atoms with Gasteiger partial charge in [0.2, 0.25) is 0 Å². The van der Waals surface area contributed by atoms with E-state index in [-0.39, 0.29) is 6.42 Å². The average Bonchev–Trinajstić information content (AvgIpc) is 3.67. The lowest BCUT2D eigenvalue weighted by Gasteiger charge is -2.25. The summed E-state index contributed by atoms with van der Waals surface area (Å²) in [4.78, 5) is 79.8. The lowest BCUT2D eigenvalue weighted by atomic mass is 10.0. The molecule has 1 aliphatic heterocycles. The Hall–Kier alpha value is -7.58. The molecule has 21 nitrogen and oxygen atoms in total. The van der Waals surface area contributed by atoms with Crippen LogP contribution in [0, 0.1) is 0 Å². The third-order valence-electron chi connectivity index (χ3n) is 8.86. The van der Waals surface area contributed by atoms with E-state index in [4.69, 9.17) is 14.2 Å². The number of phenolic OH excluding ortho intramolecular Hbond substituents is 6. The van der Waals surface area contributed by atoms with Crippen LogP contribution in [0.15, 0.2) is 54.7 Å². The molecule has 59 heavy (non-hydrogen) atoms. The largest absolute Gasteiger partial charge is 0.504 e. The maximum Gasteiger partial charge on any atom is 0.332 e. The third kappa shape index (κ3) is 10.6. The van der Waals surface area contributed by atoms with Gasteiger partial charge in [-0.25, -0.2) is 14.4 Å². The first kappa shape index (κ1) is 42.6. The molecule has 1 saturated heterocycles. The van der Waals surface area contributed by atoms with Crippen molar-refractivity contribution in [2.24, 2.45) is 0 Å². The number of ether oxygens (including phenoxy) is 3. The minimum atomic E-state index is -1.89. The first-order valence-corrected chi connectivity index (χ1v) is 18.0. The molecule has 9 N–H and O–H groups in total. The lowest BCUT2D eigenvalue weighted by Crippen LogP contribution is -2.52. The second-order valence-electron chi connectivity index (χ2n) is 13.2. The van der Waals surface area contributed by atoms with Gasteiger partial charge in [-0.2, -0.15) is 0 Å². The number of para-hydroxylation sites is 2. The summed E-state index contributed by atoms with van der Waals surface area (Å²) in [5.74, 6) is -12.0. The lowest BCUT2D eigenvalue weighted by molar-refractivity contribution is -0.160. The molecular formula is C38H40N6O15. The Kier molecular flexibility index (Phi) is 13.7. The zero-order valence-electron chi connectivity index (χ0n) is 31.3. The van der Waals surface area contributed by atoms with Crippen LogP contribution in [0.4, 0.5) is 0 Å². The Morgan fingerprint density at radius 3 is 1.59 bits per heavy atom. The van der Waals surface area contributed by atoms with Crippen LogP contribution in [0.2, 0.25) is 0 Å². The monoisotopic (exact) mass is 820 g/mol. The number of nitrogens with zero attached hydrogens (tertiary/aromatic N) is 3. The summed E-state index contributed by atoms with van der Waals surface area (Å²) < 4.78 is 17.3. The molecule has 4 aromatic rings. The molecule has 1 aliphatic rings. The molecule has 2 heterocycles. The van der Waals surface area contributed by atoms with Crippen molar-refractivity contribution in [3.63, 3.8) is 0 Å². The van der Waals surface area contributed by atoms with Crippen molar-refractivity contribution in [1.82, 2.24) is 30.9 Å². The normalized spacial score (nSPS) is 17.3. The molecule has 0 unspecified atom stereocenters. The molecule has 3 aromatic carbocycles. The number of carbonyl (C=O) groups excluding carboxylic acids is 6. The highest BCUT2D eigenvalue weighted by molar-refractivity contribution is 6.02. The van der Waals surface area contributed by atoms with E-state index in [1.807, 2.05) is 6.92 Å². The quantitative estimate of drug-likeness (QED) is 0.0532. The summed E-state index contributed by atoms with van der Waals surface area (Å²) in [6, 6.07) is 3.66. The fourth-order valence-electron chi connectivity index (χ4n) is 5.59. The van der Waals surface area contributed by atoms with Crippen molar-refractivity contribution < 1.29 is 73.6 Å². The van der Waals surface area contributed by atoms with E-state index in [0.29, 0.717) is 24.2 Å². The zero-order chi connectivity index (χ0) is 42.8. The van der Waals surface area contributed by atoms with Crippen LogP contribution in [-0.4, -0.2) is 119 Å². The topological polar surface area (TPSA) is 318 Å². The molecule has 0 radical (unpaired) electrons. The molecule has 0 bridgehead atoms. The van der Waals surface area contributed by atoms with Crippen molar-refractivity contribution in [3.8, 4) is 34.5 Å². The summed E-state index contributed by atoms with van der Waals surface area (Å²) in [5, 5.41) is 76.0. The van der Waals surface area contributed by atoms with E-state index in [1.165, 1.54) is 24.3 Å². The van der Waals surface area contributed by atoms with Gasteiger partial charge >= 0.3 is 17.9 Å². The van der Waals surface area contributed by atoms with Gasteiger partial charge in [-0.05, 0) is 61.2 Å². The van der Waals surface area contributed by atoms with Crippen LogP contribution in [0.5, 0.6) is 34.5 Å². The maximum atomic E-state index is 13.6. The highest BCUT2D eigenvalue weighted by Gasteiger charge is 2.35. The smallest absolute Gasteiger partial charge is 0.332 e. The number of nitrogens with one attached hydrogen (secondary N) is 3. The number of unbranched alkanes of at least 4 members (excludes halogenated alkanes) is 1. The van der Waals surface area contributed by atoms with Crippen LogP contribution >= 0.6 is 0 Å². The van der Waals surface area contributed by atoms with Gasteiger partial charge < -0.3 is 60.8 Å². The highest BCUT2D eigenvalue weighted by atomic mass is 16.6. The molecule has 21 heteroatoms. The van der Waals surface area contributed by atoms with Gasteiger partial charge in [0, 0.05) is 12.7 Å². The van der Waals surface area contributed by atoms with Gasteiger partial charge in [0.1, 0.15) is 19.8 Å². The second kappa shape index (κ2) is 19.0. The Morgan fingerprint density at radius 2 is 1.12 bits per heavy atom. The predicted octanol–water partition coefficient (Wildman–Crippen LogP) is 0.436. The Labute approximate surface area is 334 Å². The third-order valence-corrected chi connectivity index (χ3v) is 8.86. The van der Waals surface area contributed by atoms with Crippen molar-refractivity contribution in [1.29, 1.82) is 0 Å². The number of aryl methyl sites for hydroxylation is 3. The van der Waals surface area contributed by atoms with Crippen molar-refractivity contribution >= 4 is 35.6 Å². The summed E-state index contributed by atoms with van der Waals surface area (Å²) in [6.07, 6.45) is 4.20. The Balaban J connectivity index is 1.39. The zero-order valence-corrected chi connectivity index (χ0v) is 31.3. The summed E-state index contributed by atoms with van der Waals surface area (Å²) in [5.41, 5.74) is -0.477. The highest BCUT2D eigenvalue weighted by Crippen LogP contribution is 2.32. The summed E-state index contributed by atoms with van der Waals surface area (Å²) in [7, 11) is 0. The van der Waals surface area contributed by atoms with Crippen LogP contribution in [0.1, 0.15) is 62.1 Å². The van der Waals surface area contributed by atoms with Crippen molar-refractivity contribution in [2.45, 2.75) is 57.3 Å². The van der Waals surface area contributed by atoms with Gasteiger partial charge in [0.05, 0.1) is 22.4 Å². The summed E-state index contributed by atoms with van der Waals surface area (Å²) in [6.45, 7) is -0.199. The number of amides is 3. The van der Waals surface area contributed by atoms with Gasteiger partial charge in [-0.3, -0.25) is 19.1 Å². The molecule has 0 spiro atoms. The van der Waals surface area contributed by atoms with E-state index < -0.39 is 125 Å².